The van der Waals surface area contributed by atoms with Gasteiger partial charge >= 0.3 is 18.0 Å². The lowest BCUT2D eigenvalue weighted by molar-refractivity contribution is -0.145. The number of amides is 2. The zero-order valence-corrected chi connectivity index (χ0v) is 11.2. The van der Waals surface area contributed by atoms with E-state index in [2.05, 4.69) is 5.32 Å². The van der Waals surface area contributed by atoms with E-state index in [0.717, 1.165) is 0 Å². The minimum atomic E-state index is -1.47. The molecular weight excluding hydrogens is 272 g/mol. The molecular formula is C11H18N2O7. The molecule has 9 nitrogen and oxygen atoms in total. The number of ether oxygens (including phenoxy) is 2. The highest BCUT2D eigenvalue weighted by Gasteiger charge is 2.36. The van der Waals surface area contributed by atoms with Crippen LogP contribution in [0.25, 0.3) is 0 Å². The number of methoxy groups -OCH3 is 2. The van der Waals surface area contributed by atoms with Crippen LogP contribution in [0, 0.1) is 0 Å². The van der Waals surface area contributed by atoms with Gasteiger partial charge in [-0.1, -0.05) is 0 Å². The zero-order chi connectivity index (χ0) is 15.3. The highest BCUT2D eigenvalue weighted by molar-refractivity contribution is 5.86. The first-order valence-electron chi connectivity index (χ1n) is 5.94. The summed E-state index contributed by atoms with van der Waals surface area (Å²) in [5, 5.41) is 19.6. The van der Waals surface area contributed by atoms with Crippen molar-refractivity contribution < 1.29 is 34.1 Å². The molecule has 1 fully saturated rings. The zero-order valence-electron chi connectivity index (χ0n) is 11.2. The summed E-state index contributed by atoms with van der Waals surface area (Å²) in [4.78, 5) is 34.7. The van der Waals surface area contributed by atoms with Crippen molar-refractivity contribution >= 4 is 18.0 Å². The third-order valence-electron chi connectivity index (χ3n) is 3.08. The van der Waals surface area contributed by atoms with Crippen molar-refractivity contribution in [1.82, 2.24) is 10.2 Å². The summed E-state index contributed by atoms with van der Waals surface area (Å²) in [6.07, 6.45) is -1.28. The molecule has 9 heteroatoms. The van der Waals surface area contributed by atoms with Crippen LogP contribution in [0.1, 0.15) is 6.42 Å². The van der Waals surface area contributed by atoms with Gasteiger partial charge in [-0.15, -0.1) is 0 Å². The van der Waals surface area contributed by atoms with Crippen molar-refractivity contribution in [2.24, 2.45) is 0 Å². The molecule has 1 saturated heterocycles. The Balaban J connectivity index is 2.61. The minimum Gasteiger partial charge on any atom is -0.481 e. The highest BCUT2D eigenvalue weighted by Crippen LogP contribution is 2.15. The van der Waals surface area contributed by atoms with Crippen molar-refractivity contribution in [1.29, 1.82) is 0 Å². The van der Waals surface area contributed by atoms with Crippen molar-refractivity contribution in [3.63, 3.8) is 0 Å². The maximum absolute atomic E-state index is 11.9. The number of rotatable bonds is 6. The third kappa shape index (κ3) is 4.07. The lowest BCUT2D eigenvalue weighted by Crippen LogP contribution is -2.48. The summed E-state index contributed by atoms with van der Waals surface area (Å²) in [7, 11) is 2.98. The molecule has 0 saturated carbocycles. The molecule has 0 aromatic carbocycles. The van der Waals surface area contributed by atoms with E-state index in [-0.39, 0.29) is 25.3 Å². The Morgan fingerprint density at radius 1 is 1.20 bits per heavy atom. The molecule has 1 heterocycles. The Hall–Kier alpha value is -1.87. The molecule has 20 heavy (non-hydrogen) atoms. The average Bonchev–Trinajstić information content (AvgIpc) is 2.80. The van der Waals surface area contributed by atoms with Gasteiger partial charge in [0.05, 0.1) is 19.5 Å². The average molecular weight is 290 g/mol. The van der Waals surface area contributed by atoms with E-state index in [1.807, 2.05) is 0 Å². The predicted octanol–water partition coefficient (Wildman–Crippen LogP) is -1.03. The quantitative estimate of drug-likeness (QED) is 0.571. The normalized spacial score (nSPS) is 23.4. The van der Waals surface area contributed by atoms with Crippen LogP contribution in [0.3, 0.4) is 0 Å². The Kier molecular flexibility index (Phi) is 5.71. The standard InChI is InChI=1S/C11H18N2O7/c1-19-7-4-13(5-8(7)20-2)11(18)12-6(10(16)17)3-9(14)15/h6-8H,3-5H2,1-2H3,(H,12,18)(H,14,15)(H,16,17). The summed E-state index contributed by atoms with van der Waals surface area (Å²) in [6, 6.07) is -2.12. The van der Waals surface area contributed by atoms with Gasteiger partial charge < -0.3 is 29.9 Å². The minimum absolute atomic E-state index is 0.250. The van der Waals surface area contributed by atoms with E-state index in [9.17, 15) is 14.4 Å². The van der Waals surface area contributed by atoms with E-state index in [1.165, 1.54) is 19.1 Å². The fourth-order valence-corrected chi connectivity index (χ4v) is 1.98. The van der Waals surface area contributed by atoms with Crippen molar-refractivity contribution in [2.75, 3.05) is 27.3 Å². The van der Waals surface area contributed by atoms with Crippen molar-refractivity contribution in [3.05, 3.63) is 0 Å². The number of aliphatic carboxylic acids is 2. The molecule has 1 aliphatic rings. The maximum Gasteiger partial charge on any atom is 0.326 e. The van der Waals surface area contributed by atoms with Crippen LogP contribution in [0.15, 0.2) is 0 Å². The van der Waals surface area contributed by atoms with Gasteiger partial charge in [0.1, 0.15) is 18.2 Å². The van der Waals surface area contributed by atoms with Crippen LogP contribution in [0.4, 0.5) is 4.79 Å². The number of hydrogen-bond acceptors (Lipinski definition) is 5. The monoisotopic (exact) mass is 290 g/mol. The Bertz CT molecular complexity index is 375. The van der Waals surface area contributed by atoms with Gasteiger partial charge in [-0.25, -0.2) is 9.59 Å². The van der Waals surface area contributed by atoms with Crippen molar-refractivity contribution in [3.8, 4) is 0 Å². The van der Waals surface area contributed by atoms with Crippen LogP contribution in [-0.4, -0.2) is 78.6 Å². The maximum atomic E-state index is 11.9. The number of likely N-dealkylation sites (tertiary alicyclic amines) is 1. The first-order valence-corrected chi connectivity index (χ1v) is 5.94. The molecule has 0 aromatic heterocycles. The van der Waals surface area contributed by atoms with Crippen molar-refractivity contribution in [2.45, 2.75) is 24.7 Å². The first kappa shape index (κ1) is 16.2. The second-order valence-electron chi connectivity index (χ2n) is 4.39. The van der Waals surface area contributed by atoms with Crippen LogP contribution >= 0.6 is 0 Å². The fourth-order valence-electron chi connectivity index (χ4n) is 1.98. The van der Waals surface area contributed by atoms with Gasteiger partial charge in [0.25, 0.3) is 0 Å². The Morgan fingerprint density at radius 3 is 2.05 bits per heavy atom. The largest absolute Gasteiger partial charge is 0.481 e. The molecule has 0 bridgehead atoms. The lowest BCUT2D eigenvalue weighted by Gasteiger charge is -2.19. The van der Waals surface area contributed by atoms with Gasteiger partial charge in [-0.2, -0.15) is 0 Å². The number of carboxylic acid groups (broad SMARTS) is 2. The van der Waals surface area contributed by atoms with E-state index in [1.54, 1.807) is 0 Å². The van der Waals surface area contributed by atoms with E-state index in [0.29, 0.717) is 0 Å². The second kappa shape index (κ2) is 7.06. The number of nitrogens with one attached hydrogen (secondary N) is 1. The summed E-state index contributed by atoms with van der Waals surface area (Å²) >= 11 is 0. The van der Waals surface area contributed by atoms with Gasteiger partial charge in [-0.05, 0) is 0 Å². The molecule has 3 N–H and O–H groups in total. The number of carbonyl (C=O) groups is 3. The summed E-state index contributed by atoms with van der Waals surface area (Å²) in [6.45, 7) is 0.500. The van der Waals surface area contributed by atoms with E-state index in [4.69, 9.17) is 19.7 Å². The highest BCUT2D eigenvalue weighted by atomic mass is 16.5. The summed E-state index contributed by atoms with van der Waals surface area (Å²) < 4.78 is 10.3. The fraction of sp³-hybridized carbons (Fsp3) is 0.727. The SMILES string of the molecule is COC1CN(C(=O)NC(CC(=O)O)C(=O)O)CC1OC. The van der Waals surface area contributed by atoms with E-state index >= 15 is 0 Å². The molecule has 0 radical (unpaired) electrons. The smallest absolute Gasteiger partial charge is 0.326 e. The van der Waals surface area contributed by atoms with Crippen LogP contribution < -0.4 is 5.32 Å². The molecule has 1 rings (SSSR count). The van der Waals surface area contributed by atoms with Crippen LogP contribution in [0.5, 0.6) is 0 Å². The van der Waals surface area contributed by atoms with Crippen LogP contribution in [0.2, 0.25) is 0 Å². The molecule has 3 atom stereocenters. The van der Waals surface area contributed by atoms with Gasteiger partial charge in [0.15, 0.2) is 0 Å². The molecule has 114 valence electrons. The predicted molar refractivity (Wildman–Crippen MR) is 65.4 cm³/mol. The van der Waals surface area contributed by atoms with Gasteiger partial charge in [-0.3, -0.25) is 4.79 Å². The number of hydrogen-bond donors (Lipinski definition) is 3. The molecule has 0 aliphatic carbocycles. The number of carbonyl (C=O) groups excluding carboxylic acids is 1. The van der Waals surface area contributed by atoms with Crippen LogP contribution in [-0.2, 0) is 19.1 Å². The van der Waals surface area contributed by atoms with E-state index < -0.39 is 30.4 Å². The third-order valence-corrected chi connectivity index (χ3v) is 3.08. The summed E-state index contributed by atoms with van der Waals surface area (Å²) in [5.74, 6) is -2.70. The van der Waals surface area contributed by atoms with Gasteiger partial charge in [0, 0.05) is 14.2 Å². The summed E-state index contributed by atoms with van der Waals surface area (Å²) in [5.41, 5.74) is 0. The molecule has 2 amide bonds. The lowest BCUT2D eigenvalue weighted by atomic mass is 10.2. The molecule has 0 spiro atoms. The number of carboxylic acids is 2. The Morgan fingerprint density at radius 2 is 1.70 bits per heavy atom. The first-order chi connectivity index (χ1) is 9.38. The van der Waals surface area contributed by atoms with Gasteiger partial charge in [0.2, 0.25) is 0 Å². The Labute approximate surface area is 115 Å². The number of nitrogens with zero attached hydrogens (tertiary/aromatic N) is 1. The molecule has 1 aliphatic heterocycles. The molecule has 3 unspecified atom stereocenters. The second-order valence-corrected chi connectivity index (χ2v) is 4.39. The molecule has 0 aromatic rings. The topological polar surface area (TPSA) is 125 Å². The number of urea groups is 1.